The Labute approximate surface area is 264 Å². The summed E-state index contributed by atoms with van der Waals surface area (Å²) < 4.78 is 22.2. The molecule has 3 aliphatic rings. The summed E-state index contributed by atoms with van der Waals surface area (Å²) in [5.41, 5.74) is 6.23. The molecule has 46 heavy (non-hydrogen) atoms. The molecule has 1 saturated heterocycles. The Balaban J connectivity index is 1.03. The summed E-state index contributed by atoms with van der Waals surface area (Å²) >= 11 is 0. The molecule has 1 atom stereocenters. The van der Waals surface area contributed by atoms with E-state index in [0.717, 1.165) is 49.9 Å². The van der Waals surface area contributed by atoms with Crippen molar-refractivity contribution in [2.75, 3.05) is 56.5 Å². The zero-order valence-electron chi connectivity index (χ0n) is 25.2. The molecule has 5 aromatic rings. The van der Waals surface area contributed by atoms with Crippen molar-refractivity contribution in [2.24, 2.45) is 0 Å². The maximum absolute atomic E-state index is 13.8. The Morgan fingerprint density at radius 3 is 2.70 bits per heavy atom. The fourth-order valence-electron chi connectivity index (χ4n) is 6.50. The van der Waals surface area contributed by atoms with Gasteiger partial charge in [-0.05, 0) is 41.5 Å². The number of rotatable bonds is 6. The quantitative estimate of drug-likeness (QED) is 0.192. The van der Waals surface area contributed by atoms with E-state index in [9.17, 15) is 9.59 Å². The molecule has 0 aliphatic carbocycles. The van der Waals surface area contributed by atoms with E-state index in [0.29, 0.717) is 44.4 Å². The largest absolute Gasteiger partial charge is 0.497 e. The topological polar surface area (TPSA) is 107 Å². The molecule has 0 bridgehead atoms. The van der Waals surface area contributed by atoms with Gasteiger partial charge in [0.15, 0.2) is 6.79 Å². The fraction of sp³-hybridized carbons (Fsp3) is 0.257. The summed E-state index contributed by atoms with van der Waals surface area (Å²) in [6.07, 6.45) is 1.37. The second kappa shape index (κ2) is 11.5. The lowest BCUT2D eigenvalue weighted by Gasteiger charge is -2.49. The normalized spacial score (nSPS) is 17.0. The number of nitrogens with zero attached hydrogens (tertiary/aromatic N) is 5. The number of hydrogen-bond acceptors (Lipinski definition) is 9. The van der Waals surface area contributed by atoms with Crippen molar-refractivity contribution in [1.82, 2.24) is 14.9 Å². The Kier molecular flexibility index (Phi) is 7.02. The van der Waals surface area contributed by atoms with Gasteiger partial charge in [-0.15, -0.1) is 0 Å². The van der Waals surface area contributed by atoms with Crippen LogP contribution in [-0.4, -0.2) is 79.6 Å². The number of benzene rings is 3. The number of amides is 2. The molecule has 2 amide bonds. The van der Waals surface area contributed by atoms with Crippen LogP contribution in [0.25, 0.3) is 32.9 Å². The van der Waals surface area contributed by atoms with Crippen LogP contribution in [0.5, 0.6) is 11.6 Å². The van der Waals surface area contributed by atoms with Crippen LogP contribution in [-0.2, 0) is 20.9 Å². The summed E-state index contributed by atoms with van der Waals surface area (Å²) in [7, 11) is 1.61. The maximum atomic E-state index is 13.8. The number of pyridine rings is 2. The second-order valence-electron chi connectivity index (χ2n) is 11.5. The average Bonchev–Trinajstić information content (AvgIpc) is 3.11. The molecule has 0 spiro atoms. The molecule has 1 fully saturated rings. The lowest BCUT2D eigenvalue weighted by molar-refractivity contribution is -0.121. The molecule has 0 radical (unpaired) electrons. The molecule has 2 aromatic heterocycles. The van der Waals surface area contributed by atoms with E-state index in [2.05, 4.69) is 34.1 Å². The molecule has 11 heteroatoms. The SMILES string of the molecule is COc1ccc(COCOC(=O)N2CCN3c4c5c(nc6cc(-c7cnc8ccccc8c7)ccc46)OCCN5C(=O)C3C2)cc1. The third-order valence-corrected chi connectivity index (χ3v) is 8.82. The van der Waals surface area contributed by atoms with Gasteiger partial charge in [-0.3, -0.25) is 9.78 Å². The van der Waals surface area contributed by atoms with Crippen molar-refractivity contribution in [3.63, 3.8) is 0 Å². The monoisotopic (exact) mass is 617 g/mol. The Bertz CT molecular complexity index is 1980. The number of carbonyl (C=O) groups is 2. The number of aromatic nitrogens is 2. The van der Waals surface area contributed by atoms with Crippen LogP contribution in [0.2, 0.25) is 0 Å². The molecule has 232 valence electrons. The molecular formula is C35H31N5O6. The van der Waals surface area contributed by atoms with Crippen LogP contribution in [0.3, 0.4) is 0 Å². The predicted octanol–water partition coefficient (Wildman–Crippen LogP) is 5.00. The van der Waals surface area contributed by atoms with E-state index in [1.807, 2.05) is 54.7 Å². The minimum atomic E-state index is -0.560. The van der Waals surface area contributed by atoms with Gasteiger partial charge < -0.3 is 33.6 Å². The molecule has 1 unspecified atom stereocenters. The third-order valence-electron chi connectivity index (χ3n) is 8.82. The molecule has 0 N–H and O–H groups in total. The first-order chi connectivity index (χ1) is 22.6. The fourth-order valence-corrected chi connectivity index (χ4v) is 6.50. The van der Waals surface area contributed by atoms with Crippen molar-refractivity contribution in [3.8, 4) is 22.8 Å². The van der Waals surface area contributed by atoms with E-state index < -0.39 is 12.1 Å². The van der Waals surface area contributed by atoms with E-state index in [-0.39, 0.29) is 19.2 Å². The lowest BCUT2D eigenvalue weighted by Crippen LogP contribution is -2.64. The molecule has 3 aliphatic heterocycles. The number of hydrogen-bond donors (Lipinski definition) is 0. The van der Waals surface area contributed by atoms with Crippen molar-refractivity contribution in [2.45, 2.75) is 12.6 Å². The van der Waals surface area contributed by atoms with Gasteiger partial charge in [0.1, 0.15) is 24.1 Å². The summed E-state index contributed by atoms with van der Waals surface area (Å²) in [5.74, 6) is 1.13. The smallest absolute Gasteiger partial charge is 0.412 e. The third kappa shape index (κ3) is 4.89. The predicted molar refractivity (Wildman–Crippen MR) is 172 cm³/mol. The van der Waals surface area contributed by atoms with Gasteiger partial charge in [-0.2, -0.15) is 0 Å². The second-order valence-corrected chi connectivity index (χ2v) is 11.5. The van der Waals surface area contributed by atoms with Crippen molar-refractivity contribution < 1.29 is 28.5 Å². The molecule has 3 aromatic carbocycles. The Morgan fingerprint density at radius 1 is 0.957 bits per heavy atom. The zero-order valence-corrected chi connectivity index (χ0v) is 25.2. The highest BCUT2D eigenvalue weighted by Gasteiger charge is 2.46. The van der Waals surface area contributed by atoms with Crippen LogP contribution in [0.15, 0.2) is 79.0 Å². The molecule has 5 heterocycles. The first-order valence-electron chi connectivity index (χ1n) is 15.2. The van der Waals surface area contributed by atoms with Gasteiger partial charge in [-0.1, -0.05) is 42.5 Å². The summed E-state index contributed by atoms with van der Waals surface area (Å²) in [5, 5.41) is 1.99. The van der Waals surface area contributed by atoms with E-state index in [4.69, 9.17) is 23.9 Å². The van der Waals surface area contributed by atoms with E-state index >= 15 is 0 Å². The van der Waals surface area contributed by atoms with E-state index in [1.165, 1.54) is 0 Å². The van der Waals surface area contributed by atoms with Gasteiger partial charge in [0.25, 0.3) is 5.91 Å². The van der Waals surface area contributed by atoms with Crippen molar-refractivity contribution >= 4 is 45.2 Å². The van der Waals surface area contributed by atoms with E-state index in [1.54, 1.807) is 16.9 Å². The maximum Gasteiger partial charge on any atom is 0.412 e. The van der Waals surface area contributed by atoms with Crippen LogP contribution in [0.4, 0.5) is 16.2 Å². The standard InChI is InChI=1S/C35H31N5O6/c1-43-26-9-6-22(7-10-26)20-44-21-46-35(42)38-12-13-39-30(19-38)34(41)40-14-15-45-33-32(40)31(39)27-11-8-23(17-29(27)37-33)25-16-24-4-2-3-5-28(24)36-18-25/h2-11,16-18,30H,12-15,19-21H2,1H3. The van der Waals surface area contributed by atoms with Gasteiger partial charge >= 0.3 is 6.09 Å². The van der Waals surface area contributed by atoms with Crippen LogP contribution >= 0.6 is 0 Å². The number of anilines is 2. The highest BCUT2D eigenvalue weighted by molar-refractivity contribution is 6.14. The number of methoxy groups -OCH3 is 1. The number of carbonyl (C=O) groups excluding carboxylic acids is 2. The number of fused-ring (bicyclic) bond motifs is 5. The highest BCUT2D eigenvalue weighted by atomic mass is 16.7. The first kappa shape index (κ1) is 28.1. The zero-order chi connectivity index (χ0) is 31.2. The molecule has 11 nitrogen and oxygen atoms in total. The molecule has 0 saturated carbocycles. The van der Waals surface area contributed by atoms with Crippen LogP contribution in [0.1, 0.15) is 5.56 Å². The number of piperazine rings is 1. The minimum absolute atomic E-state index is 0.0784. The Hall–Kier alpha value is -5.42. The van der Waals surface area contributed by atoms with Crippen LogP contribution < -0.4 is 19.3 Å². The average molecular weight is 618 g/mol. The summed E-state index contributed by atoms with van der Waals surface area (Å²) in [4.78, 5) is 41.8. The summed E-state index contributed by atoms with van der Waals surface area (Å²) in [6, 6.07) is 23.3. The molecular weight excluding hydrogens is 586 g/mol. The van der Waals surface area contributed by atoms with Crippen molar-refractivity contribution in [1.29, 1.82) is 0 Å². The molecule has 8 rings (SSSR count). The van der Waals surface area contributed by atoms with Gasteiger partial charge in [-0.25, -0.2) is 9.78 Å². The van der Waals surface area contributed by atoms with Crippen LogP contribution in [0, 0.1) is 0 Å². The highest BCUT2D eigenvalue weighted by Crippen LogP contribution is 2.48. The van der Waals surface area contributed by atoms with Gasteiger partial charge in [0.05, 0.1) is 43.5 Å². The van der Waals surface area contributed by atoms with Gasteiger partial charge in [0, 0.05) is 35.6 Å². The number of ether oxygens (including phenoxy) is 4. The Morgan fingerprint density at radius 2 is 1.83 bits per heavy atom. The minimum Gasteiger partial charge on any atom is -0.497 e. The first-order valence-corrected chi connectivity index (χ1v) is 15.2. The summed E-state index contributed by atoms with van der Waals surface area (Å²) in [6.45, 7) is 1.91. The number of para-hydroxylation sites is 1. The van der Waals surface area contributed by atoms with Crippen molar-refractivity contribution in [3.05, 3.63) is 84.6 Å². The van der Waals surface area contributed by atoms with Gasteiger partial charge in [0.2, 0.25) is 5.88 Å². The lowest BCUT2D eigenvalue weighted by atomic mass is 9.98.